The van der Waals surface area contributed by atoms with Crippen LogP contribution in [0.1, 0.15) is 19.3 Å². The van der Waals surface area contributed by atoms with E-state index in [-0.39, 0.29) is 0 Å². The Morgan fingerprint density at radius 2 is 2.06 bits per heavy atom. The molecule has 0 N–H and O–H groups in total. The summed E-state index contributed by atoms with van der Waals surface area (Å²) in [4.78, 5) is 0. The second-order valence-corrected chi connectivity index (χ2v) is 4.21. The number of hydrogen-bond acceptors (Lipinski definition) is 0. The van der Waals surface area contributed by atoms with Crippen molar-refractivity contribution in [2.24, 2.45) is 5.92 Å². The lowest BCUT2D eigenvalue weighted by molar-refractivity contribution is 0.669. The molecular formula is C16H18. The minimum atomic E-state index is 0.696. The zero-order valence-electron chi connectivity index (χ0n) is 9.55. The zero-order chi connectivity index (χ0) is 11.1. The maximum atomic E-state index is 2.29. The Labute approximate surface area is 98.1 Å². The molecule has 0 radical (unpaired) electrons. The van der Waals surface area contributed by atoms with Crippen LogP contribution < -0.4 is 0 Å². The Morgan fingerprint density at radius 1 is 1.12 bits per heavy atom. The normalized spacial score (nSPS) is 26.0. The van der Waals surface area contributed by atoms with Gasteiger partial charge < -0.3 is 0 Å². The lowest BCUT2D eigenvalue weighted by atomic mass is 9.97. The van der Waals surface area contributed by atoms with Gasteiger partial charge in [0.2, 0.25) is 0 Å². The maximum Gasteiger partial charge on any atom is -0.00943 e. The molecule has 16 heavy (non-hydrogen) atoms. The SMILES string of the molecule is C1=CC/C(=C\C=C/CC2C=CC=CC2)C=C1. The zero-order valence-corrected chi connectivity index (χ0v) is 9.55. The molecule has 0 fully saturated rings. The van der Waals surface area contributed by atoms with E-state index in [0.29, 0.717) is 5.92 Å². The molecule has 0 amide bonds. The van der Waals surface area contributed by atoms with Gasteiger partial charge in [-0.05, 0) is 30.8 Å². The van der Waals surface area contributed by atoms with E-state index in [4.69, 9.17) is 0 Å². The Balaban J connectivity index is 1.77. The van der Waals surface area contributed by atoms with Crippen molar-refractivity contribution in [1.29, 1.82) is 0 Å². The van der Waals surface area contributed by atoms with Crippen LogP contribution in [0, 0.1) is 5.92 Å². The Hall–Kier alpha value is -1.56. The van der Waals surface area contributed by atoms with E-state index in [1.54, 1.807) is 0 Å². The Morgan fingerprint density at radius 3 is 2.81 bits per heavy atom. The van der Waals surface area contributed by atoms with E-state index in [2.05, 4.69) is 66.8 Å². The van der Waals surface area contributed by atoms with Gasteiger partial charge in [-0.3, -0.25) is 0 Å². The molecule has 0 aromatic rings. The molecule has 2 aliphatic rings. The van der Waals surface area contributed by atoms with Crippen molar-refractivity contribution in [3.05, 3.63) is 72.4 Å². The monoisotopic (exact) mass is 210 g/mol. The van der Waals surface area contributed by atoms with Gasteiger partial charge in [-0.1, -0.05) is 66.8 Å². The van der Waals surface area contributed by atoms with Crippen molar-refractivity contribution in [3.8, 4) is 0 Å². The quantitative estimate of drug-likeness (QED) is 0.643. The molecule has 0 saturated carbocycles. The van der Waals surface area contributed by atoms with Gasteiger partial charge in [-0.25, -0.2) is 0 Å². The van der Waals surface area contributed by atoms with Crippen molar-refractivity contribution < 1.29 is 0 Å². The molecular weight excluding hydrogens is 192 g/mol. The van der Waals surface area contributed by atoms with Crippen LogP contribution in [-0.2, 0) is 0 Å². The van der Waals surface area contributed by atoms with Gasteiger partial charge in [0.05, 0.1) is 0 Å². The van der Waals surface area contributed by atoms with Gasteiger partial charge >= 0.3 is 0 Å². The molecule has 2 aliphatic carbocycles. The van der Waals surface area contributed by atoms with E-state index in [0.717, 1.165) is 12.8 Å². The van der Waals surface area contributed by atoms with Crippen molar-refractivity contribution in [1.82, 2.24) is 0 Å². The molecule has 1 unspecified atom stereocenters. The molecule has 0 heterocycles. The van der Waals surface area contributed by atoms with Gasteiger partial charge in [-0.15, -0.1) is 0 Å². The van der Waals surface area contributed by atoms with Crippen LogP contribution >= 0.6 is 0 Å². The smallest absolute Gasteiger partial charge is 0.00943 e. The predicted octanol–water partition coefficient (Wildman–Crippen LogP) is 4.51. The molecule has 0 aromatic heterocycles. The lowest BCUT2D eigenvalue weighted by Crippen LogP contribution is -1.94. The molecule has 82 valence electrons. The summed E-state index contributed by atoms with van der Waals surface area (Å²) in [6.07, 6.45) is 27.4. The van der Waals surface area contributed by atoms with Crippen LogP contribution in [0.2, 0.25) is 0 Å². The first-order valence-corrected chi connectivity index (χ1v) is 5.97. The topological polar surface area (TPSA) is 0 Å². The highest BCUT2D eigenvalue weighted by Gasteiger charge is 2.01. The average Bonchev–Trinajstić information content (AvgIpc) is 2.37. The third-order valence-electron chi connectivity index (χ3n) is 2.87. The first-order chi connectivity index (χ1) is 7.95. The van der Waals surface area contributed by atoms with Crippen molar-refractivity contribution in [2.75, 3.05) is 0 Å². The van der Waals surface area contributed by atoms with Gasteiger partial charge in [0.25, 0.3) is 0 Å². The van der Waals surface area contributed by atoms with Gasteiger partial charge in [0, 0.05) is 0 Å². The van der Waals surface area contributed by atoms with E-state index in [9.17, 15) is 0 Å². The molecule has 0 bridgehead atoms. The van der Waals surface area contributed by atoms with E-state index in [1.165, 1.54) is 12.0 Å². The number of hydrogen-bond donors (Lipinski definition) is 0. The summed E-state index contributed by atoms with van der Waals surface area (Å²) in [6, 6.07) is 0. The summed E-state index contributed by atoms with van der Waals surface area (Å²) in [5.74, 6) is 0.696. The standard InChI is InChI=1S/C16H18/c1-3-9-15(10-4-1)13-7-8-14-16-11-5-2-6-12-16/h1-9,11,13,16H,10,12,14H2/b8-7-,15-13-. The third-order valence-corrected chi connectivity index (χ3v) is 2.87. The summed E-state index contributed by atoms with van der Waals surface area (Å²) in [5, 5.41) is 0. The van der Waals surface area contributed by atoms with E-state index < -0.39 is 0 Å². The predicted molar refractivity (Wildman–Crippen MR) is 71.1 cm³/mol. The minimum Gasteiger partial charge on any atom is -0.0840 e. The number of rotatable bonds is 3. The van der Waals surface area contributed by atoms with Crippen LogP contribution in [0.5, 0.6) is 0 Å². The average molecular weight is 210 g/mol. The van der Waals surface area contributed by atoms with Crippen LogP contribution in [0.3, 0.4) is 0 Å². The molecule has 1 atom stereocenters. The summed E-state index contributed by atoms with van der Waals surface area (Å²) >= 11 is 0. The second-order valence-electron chi connectivity index (χ2n) is 4.21. The highest BCUT2D eigenvalue weighted by atomic mass is 14.1. The molecule has 0 heteroatoms. The molecule has 0 aliphatic heterocycles. The van der Waals surface area contributed by atoms with Crippen LogP contribution in [-0.4, -0.2) is 0 Å². The minimum absolute atomic E-state index is 0.696. The van der Waals surface area contributed by atoms with Crippen molar-refractivity contribution in [2.45, 2.75) is 19.3 Å². The number of allylic oxidation sites excluding steroid dienone is 12. The first-order valence-electron chi connectivity index (χ1n) is 5.97. The fourth-order valence-corrected chi connectivity index (χ4v) is 1.91. The fourth-order valence-electron chi connectivity index (χ4n) is 1.91. The Kier molecular flexibility index (Phi) is 4.18. The summed E-state index contributed by atoms with van der Waals surface area (Å²) in [7, 11) is 0. The highest BCUT2D eigenvalue weighted by Crippen LogP contribution is 2.16. The molecule has 0 spiro atoms. The molecule has 0 saturated heterocycles. The fraction of sp³-hybridized carbons (Fsp3) is 0.250. The van der Waals surface area contributed by atoms with Gasteiger partial charge in [0.15, 0.2) is 0 Å². The first kappa shape index (κ1) is 10.9. The molecule has 2 rings (SSSR count). The summed E-state index contributed by atoms with van der Waals surface area (Å²) in [5.41, 5.74) is 1.39. The highest BCUT2D eigenvalue weighted by molar-refractivity contribution is 5.32. The lowest BCUT2D eigenvalue weighted by Gasteiger charge is -2.08. The van der Waals surface area contributed by atoms with Crippen LogP contribution in [0.15, 0.2) is 72.4 Å². The summed E-state index contributed by atoms with van der Waals surface area (Å²) < 4.78 is 0. The van der Waals surface area contributed by atoms with Crippen molar-refractivity contribution in [3.63, 3.8) is 0 Å². The van der Waals surface area contributed by atoms with Crippen molar-refractivity contribution >= 4 is 0 Å². The van der Waals surface area contributed by atoms with E-state index in [1.807, 2.05) is 0 Å². The van der Waals surface area contributed by atoms with Gasteiger partial charge in [-0.2, -0.15) is 0 Å². The van der Waals surface area contributed by atoms with Gasteiger partial charge in [0.1, 0.15) is 0 Å². The van der Waals surface area contributed by atoms with E-state index >= 15 is 0 Å². The summed E-state index contributed by atoms with van der Waals surface area (Å²) in [6.45, 7) is 0. The Bertz CT molecular complexity index is 386. The maximum absolute atomic E-state index is 2.29. The van der Waals surface area contributed by atoms with Crippen LogP contribution in [0.4, 0.5) is 0 Å². The molecule has 0 aromatic carbocycles. The van der Waals surface area contributed by atoms with Crippen LogP contribution in [0.25, 0.3) is 0 Å². The third kappa shape index (κ3) is 3.54. The molecule has 0 nitrogen and oxygen atoms in total. The second kappa shape index (κ2) is 6.12. The largest absolute Gasteiger partial charge is 0.0840 e.